The molecule has 0 amide bonds. The van der Waals surface area contributed by atoms with Gasteiger partial charge in [-0.15, -0.1) is 0 Å². The van der Waals surface area contributed by atoms with Gasteiger partial charge in [0.2, 0.25) is 0 Å². The standard InChI is InChI=1S/C11H14O2.C8H16.C7H14/c1-9-5-3-4-6-10(9)11(2)12-7-8-13-11;1-8-6-4-2-3-5-7-8;1-7-5-3-2-4-6-7/h3-6H,7-8H2,1-2H3;8H,2-7H2,1H3;7H,2-6H2,1H3. The maximum atomic E-state index is 5.59. The zero-order valence-corrected chi connectivity index (χ0v) is 19.0. The molecule has 2 heteroatoms. The molecule has 28 heavy (non-hydrogen) atoms. The second-order valence-corrected chi connectivity index (χ2v) is 9.30. The minimum absolute atomic E-state index is 0.522. The molecule has 1 aliphatic heterocycles. The number of rotatable bonds is 1. The van der Waals surface area contributed by atoms with Gasteiger partial charge in [-0.25, -0.2) is 0 Å². The zero-order chi connectivity index (χ0) is 20.2. The molecule has 1 aromatic carbocycles. The summed E-state index contributed by atoms with van der Waals surface area (Å²) in [5.74, 6) is 1.54. The van der Waals surface area contributed by atoms with Crippen LogP contribution in [0.5, 0.6) is 0 Å². The smallest absolute Gasteiger partial charge is 0.192 e. The summed E-state index contributed by atoms with van der Waals surface area (Å²) in [6, 6.07) is 8.17. The maximum absolute atomic E-state index is 5.59. The summed E-state index contributed by atoms with van der Waals surface area (Å²) in [4.78, 5) is 0. The first-order valence-electron chi connectivity index (χ1n) is 11.9. The molecule has 0 atom stereocenters. The molecular formula is C26H44O2. The lowest BCUT2D eigenvalue weighted by Gasteiger charge is -2.24. The van der Waals surface area contributed by atoms with Gasteiger partial charge in [-0.2, -0.15) is 0 Å². The van der Waals surface area contributed by atoms with E-state index in [4.69, 9.17) is 9.47 Å². The number of hydrogen-bond acceptors (Lipinski definition) is 2. The summed E-state index contributed by atoms with van der Waals surface area (Å²) in [6.45, 7) is 10.2. The first-order valence-corrected chi connectivity index (χ1v) is 11.9. The van der Waals surface area contributed by atoms with Crippen LogP contribution in [-0.4, -0.2) is 13.2 Å². The minimum atomic E-state index is -0.522. The summed E-state index contributed by atoms with van der Waals surface area (Å²) in [6.07, 6.45) is 16.4. The molecule has 3 fully saturated rings. The molecule has 0 bridgehead atoms. The lowest BCUT2D eigenvalue weighted by atomic mass is 9.91. The van der Waals surface area contributed by atoms with E-state index in [2.05, 4.69) is 32.9 Å². The molecular weight excluding hydrogens is 344 g/mol. The summed E-state index contributed by atoms with van der Waals surface area (Å²) < 4.78 is 11.2. The third-order valence-corrected chi connectivity index (χ3v) is 6.51. The van der Waals surface area contributed by atoms with E-state index in [1.165, 1.54) is 76.2 Å². The van der Waals surface area contributed by atoms with Crippen molar-refractivity contribution in [3.05, 3.63) is 35.4 Å². The number of benzene rings is 1. The third-order valence-electron chi connectivity index (χ3n) is 6.51. The molecule has 2 saturated carbocycles. The number of aryl methyl sites for hydroxylation is 1. The Morgan fingerprint density at radius 3 is 1.61 bits per heavy atom. The normalized spacial score (nSPS) is 23.0. The lowest BCUT2D eigenvalue weighted by Crippen LogP contribution is -2.23. The average molecular weight is 389 g/mol. The average Bonchev–Trinajstić information content (AvgIpc) is 3.00. The van der Waals surface area contributed by atoms with Gasteiger partial charge in [0.05, 0.1) is 13.2 Å². The van der Waals surface area contributed by atoms with Crippen LogP contribution in [0.25, 0.3) is 0 Å². The molecule has 2 aliphatic carbocycles. The molecule has 1 heterocycles. The molecule has 0 aromatic heterocycles. The van der Waals surface area contributed by atoms with Gasteiger partial charge in [0.25, 0.3) is 0 Å². The SMILES string of the molecule is CC1CCCCC1.CC1CCCCCC1.Cc1ccccc1C1(C)OCCO1. The van der Waals surface area contributed by atoms with Crippen LogP contribution in [-0.2, 0) is 15.3 Å². The van der Waals surface area contributed by atoms with Crippen molar-refractivity contribution in [1.82, 2.24) is 0 Å². The van der Waals surface area contributed by atoms with Gasteiger partial charge in [-0.3, -0.25) is 0 Å². The predicted molar refractivity (Wildman–Crippen MR) is 120 cm³/mol. The van der Waals surface area contributed by atoms with E-state index in [1.54, 1.807) is 0 Å². The van der Waals surface area contributed by atoms with Crippen LogP contribution in [0.1, 0.15) is 103 Å². The van der Waals surface area contributed by atoms with Crippen molar-refractivity contribution in [1.29, 1.82) is 0 Å². The highest BCUT2D eigenvalue weighted by molar-refractivity contribution is 5.29. The van der Waals surface area contributed by atoms with Crippen LogP contribution in [0.15, 0.2) is 24.3 Å². The van der Waals surface area contributed by atoms with Crippen LogP contribution >= 0.6 is 0 Å². The number of ether oxygens (including phenoxy) is 2. The molecule has 2 nitrogen and oxygen atoms in total. The second-order valence-electron chi connectivity index (χ2n) is 9.30. The van der Waals surface area contributed by atoms with E-state index in [9.17, 15) is 0 Å². The van der Waals surface area contributed by atoms with Crippen molar-refractivity contribution in [2.45, 2.75) is 104 Å². The Morgan fingerprint density at radius 1 is 0.714 bits per heavy atom. The number of hydrogen-bond donors (Lipinski definition) is 0. The molecule has 160 valence electrons. The van der Waals surface area contributed by atoms with E-state index < -0.39 is 5.79 Å². The van der Waals surface area contributed by atoms with E-state index in [0.29, 0.717) is 13.2 Å². The van der Waals surface area contributed by atoms with E-state index in [0.717, 1.165) is 17.4 Å². The van der Waals surface area contributed by atoms with Crippen LogP contribution in [0.2, 0.25) is 0 Å². The Morgan fingerprint density at radius 2 is 1.14 bits per heavy atom. The lowest BCUT2D eigenvalue weighted by molar-refractivity contribution is -0.150. The first kappa shape index (κ1) is 23.4. The summed E-state index contributed by atoms with van der Waals surface area (Å²) >= 11 is 0. The van der Waals surface area contributed by atoms with Crippen LogP contribution in [0.3, 0.4) is 0 Å². The van der Waals surface area contributed by atoms with Gasteiger partial charge in [0.1, 0.15) is 0 Å². The Bertz CT molecular complexity index is 519. The summed E-state index contributed by atoms with van der Waals surface area (Å²) in [5.41, 5.74) is 2.35. The molecule has 0 unspecified atom stereocenters. The van der Waals surface area contributed by atoms with Gasteiger partial charge in [-0.05, 0) is 31.2 Å². The van der Waals surface area contributed by atoms with Crippen molar-refractivity contribution in [3.8, 4) is 0 Å². The van der Waals surface area contributed by atoms with Gasteiger partial charge < -0.3 is 9.47 Å². The van der Waals surface area contributed by atoms with Crippen LogP contribution in [0.4, 0.5) is 0 Å². The Kier molecular flexibility index (Phi) is 10.6. The summed E-state index contributed by atoms with van der Waals surface area (Å²) in [7, 11) is 0. The maximum Gasteiger partial charge on any atom is 0.192 e. The van der Waals surface area contributed by atoms with E-state index in [1.807, 2.05) is 19.1 Å². The second kappa shape index (κ2) is 12.6. The highest BCUT2D eigenvalue weighted by atomic mass is 16.7. The van der Waals surface area contributed by atoms with Gasteiger partial charge in [-0.1, -0.05) is 109 Å². The first-order chi connectivity index (χ1) is 13.5. The Labute approximate surface area is 174 Å². The van der Waals surface area contributed by atoms with Crippen LogP contribution < -0.4 is 0 Å². The Hall–Kier alpha value is -0.860. The molecule has 1 aromatic rings. The van der Waals surface area contributed by atoms with E-state index in [-0.39, 0.29) is 0 Å². The van der Waals surface area contributed by atoms with Gasteiger partial charge >= 0.3 is 0 Å². The fourth-order valence-electron chi connectivity index (χ4n) is 4.54. The van der Waals surface area contributed by atoms with Crippen molar-refractivity contribution in [2.75, 3.05) is 13.2 Å². The van der Waals surface area contributed by atoms with E-state index >= 15 is 0 Å². The summed E-state index contributed by atoms with van der Waals surface area (Å²) in [5, 5.41) is 0. The highest BCUT2D eigenvalue weighted by Crippen LogP contribution is 2.32. The van der Waals surface area contributed by atoms with Crippen molar-refractivity contribution < 1.29 is 9.47 Å². The molecule has 0 spiro atoms. The molecule has 1 saturated heterocycles. The molecule has 0 radical (unpaired) electrons. The van der Waals surface area contributed by atoms with Crippen molar-refractivity contribution in [3.63, 3.8) is 0 Å². The molecule has 4 rings (SSSR count). The Balaban J connectivity index is 0.000000161. The quantitative estimate of drug-likeness (QED) is 0.457. The van der Waals surface area contributed by atoms with Gasteiger partial charge in [0.15, 0.2) is 5.79 Å². The predicted octanol–water partition coefficient (Wildman–Crippen LogP) is 7.78. The fraction of sp³-hybridized carbons (Fsp3) is 0.769. The molecule has 3 aliphatic rings. The minimum Gasteiger partial charge on any atom is -0.344 e. The highest BCUT2D eigenvalue weighted by Gasteiger charge is 2.33. The monoisotopic (exact) mass is 388 g/mol. The fourth-order valence-corrected chi connectivity index (χ4v) is 4.54. The van der Waals surface area contributed by atoms with Crippen molar-refractivity contribution in [2.24, 2.45) is 11.8 Å². The van der Waals surface area contributed by atoms with Gasteiger partial charge in [0, 0.05) is 5.56 Å². The topological polar surface area (TPSA) is 18.5 Å². The van der Waals surface area contributed by atoms with Crippen molar-refractivity contribution >= 4 is 0 Å². The third kappa shape index (κ3) is 8.25. The largest absolute Gasteiger partial charge is 0.344 e. The molecule has 0 N–H and O–H groups in total. The zero-order valence-electron chi connectivity index (χ0n) is 19.0. The van der Waals surface area contributed by atoms with Crippen LogP contribution in [0, 0.1) is 18.8 Å².